The molecule has 0 saturated carbocycles. The zero-order chi connectivity index (χ0) is 10.8. The molecule has 0 aromatic carbocycles. The number of nitrogens with one attached hydrogen (secondary N) is 2. The summed E-state index contributed by atoms with van der Waals surface area (Å²) in [7, 11) is 0. The molecule has 0 bridgehead atoms. The monoisotopic (exact) mass is 269 g/mol. The van der Waals surface area contributed by atoms with Crippen LogP contribution in [-0.2, 0) is 4.79 Å². The minimum atomic E-state index is 0.0444. The van der Waals surface area contributed by atoms with E-state index in [1.807, 2.05) is 13.0 Å². The van der Waals surface area contributed by atoms with Crippen LogP contribution in [-0.4, -0.2) is 24.0 Å². The molecule has 0 radical (unpaired) electrons. The highest BCUT2D eigenvalue weighted by Crippen LogP contribution is 2.17. The van der Waals surface area contributed by atoms with Gasteiger partial charge in [-0.25, -0.2) is 4.98 Å². The van der Waals surface area contributed by atoms with E-state index in [0.29, 0.717) is 5.82 Å². The first-order chi connectivity index (χ1) is 7.16. The van der Waals surface area contributed by atoms with Crippen molar-refractivity contribution in [1.82, 2.24) is 10.3 Å². The first kappa shape index (κ1) is 10.6. The summed E-state index contributed by atoms with van der Waals surface area (Å²) in [6.45, 7) is 3.50. The van der Waals surface area contributed by atoms with Crippen LogP contribution in [0.2, 0.25) is 0 Å². The van der Waals surface area contributed by atoms with Crippen molar-refractivity contribution in [2.24, 2.45) is 5.92 Å². The van der Waals surface area contributed by atoms with Crippen LogP contribution in [0.4, 0.5) is 5.82 Å². The van der Waals surface area contributed by atoms with Crippen molar-refractivity contribution in [3.8, 4) is 0 Å². The summed E-state index contributed by atoms with van der Waals surface area (Å²) in [6.07, 6.45) is 1.70. The number of anilines is 1. The topological polar surface area (TPSA) is 54.0 Å². The molecule has 2 N–H and O–H groups in total. The van der Waals surface area contributed by atoms with E-state index in [-0.39, 0.29) is 11.8 Å². The van der Waals surface area contributed by atoms with Crippen molar-refractivity contribution >= 4 is 27.7 Å². The summed E-state index contributed by atoms with van der Waals surface area (Å²) in [5.74, 6) is 0.756. The Hall–Kier alpha value is -0.940. The Labute approximate surface area is 96.6 Å². The normalized spacial score (nSPS) is 15.9. The molecule has 0 unspecified atom stereocenters. The van der Waals surface area contributed by atoms with E-state index in [1.165, 1.54) is 0 Å². The lowest BCUT2D eigenvalue weighted by Gasteiger charge is -2.25. The molecule has 1 fully saturated rings. The average Bonchev–Trinajstić information content (AvgIpc) is 2.08. The van der Waals surface area contributed by atoms with E-state index in [1.54, 1.807) is 6.20 Å². The molecule has 1 aromatic heterocycles. The van der Waals surface area contributed by atoms with Gasteiger partial charge in [-0.1, -0.05) is 0 Å². The molecule has 0 aliphatic carbocycles. The molecule has 0 atom stereocenters. The van der Waals surface area contributed by atoms with Crippen molar-refractivity contribution in [3.63, 3.8) is 0 Å². The summed E-state index contributed by atoms with van der Waals surface area (Å²) in [5.41, 5.74) is 1.06. The van der Waals surface area contributed by atoms with Crippen LogP contribution >= 0.6 is 15.9 Å². The van der Waals surface area contributed by atoms with Gasteiger partial charge in [0.1, 0.15) is 5.82 Å². The number of pyridine rings is 1. The Kier molecular flexibility index (Phi) is 3.02. The average molecular weight is 270 g/mol. The van der Waals surface area contributed by atoms with Gasteiger partial charge >= 0.3 is 0 Å². The maximum absolute atomic E-state index is 11.6. The lowest BCUT2D eigenvalue weighted by molar-refractivity contribution is -0.121. The maximum Gasteiger partial charge on any atom is 0.231 e. The fraction of sp³-hybridized carbons (Fsp3) is 0.400. The Balaban J connectivity index is 2.03. The highest BCUT2D eigenvalue weighted by atomic mass is 79.9. The van der Waals surface area contributed by atoms with Gasteiger partial charge < -0.3 is 10.6 Å². The first-order valence-electron chi connectivity index (χ1n) is 4.80. The smallest absolute Gasteiger partial charge is 0.231 e. The van der Waals surface area contributed by atoms with Gasteiger partial charge in [0.25, 0.3) is 0 Å². The fourth-order valence-corrected chi connectivity index (χ4v) is 1.53. The van der Waals surface area contributed by atoms with Crippen LogP contribution in [0.3, 0.4) is 0 Å². The number of carbonyl (C=O) groups is 1. The Morgan fingerprint density at radius 2 is 2.40 bits per heavy atom. The summed E-state index contributed by atoms with van der Waals surface area (Å²) in [5, 5.41) is 5.86. The van der Waals surface area contributed by atoms with Crippen molar-refractivity contribution in [3.05, 3.63) is 22.3 Å². The van der Waals surface area contributed by atoms with E-state index in [9.17, 15) is 4.79 Å². The van der Waals surface area contributed by atoms with E-state index < -0.39 is 0 Å². The largest absolute Gasteiger partial charge is 0.315 e. The number of aromatic nitrogens is 1. The lowest BCUT2D eigenvalue weighted by atomic mass is 10.0. The zero-order valence-corrected chi connectivity index (χ0v) is 9.97. The number of rotatable bonds is 2. The predicted octanol–water partition coefficient (Wildman–Crippen LogP) is 1.31. The van der Waals surface area contributed by atoms with E-state index in [4.69, 9.17) is 0 Å². The number of carbonyl (C=O) groups excluding carboxylic acids is 1. The summed E-state index contributed by atoms with van der Waals surface area (Å²) in [6, 6.07) is 1.86. The molecule has 1 aromatic rings. The molecule has 0 spiro atoms. The highest BCUT2D eigenvalue weighted by Gasteiger charge is 2.24. The third-order valence-corrected chi connectivity index (χ3v) is 3.28. The Bertz CT molecular complexity index is 390. The summed E-state index contributed by atoms with van der Waals surface area (Å²) >= 11 is 3.36. The van der Waals surface area contributed by atoms with Crippen LogP contribution in [0, 0.1) is 12.8 Å². The summed E-state index contributed by atoms with van der Waals surface area (Å²) < 4.78 is 0.950. The van der Waals surface area contributed by atoms with E-state index in [2.05, 4.69) is 31.5 Å². The first-order valence-corrected chi connectivity index (χ1v) is 5.60. The summed E-state index contributed by atoms with van der Waals surface area (Å²) in [4.78, 5) is 15.7. The molecule has 5 heteroatoms. The number of hydrogen-bond donors (Lipinski definition) is 2. The van der Waals surface area contributed by atoms with Crippen LogP contribution in [0.15, 0.2) is 16.7 Å². The second-order valence-electron chi connectivity index (χ2n) is 3.66. The van der Waals surface area contributed by atoms with Gasteiger partial charge in [-0.3, -0.25) is 4.79 Å². The van der Waals surface area contributed by atoms with Crippen LogP contribution in [0.5, 0.6) is 0 Å². The molecule has 4 nitrogen and oxygen atoms in total. The van der Waals surface area contributed by atoms with Gasteiger partial charge in [-0.15, -0.1) is 0 Å². The molecule has 80 valence electrons. The van der Waals surface area contributed by atoms with Gasteiger partial charge in [0, 0.05) is 23.8 Å². The molecule has 1 saturated heterocycles. The lowest BCUT2D eigenvalue weighted by Crippen LogP contribution is -2.48. The molecular weight excluding hydrogens is 258 g/mol. The molecule has 2 heterocycles. The van der Waals surface area contributed by atoms with Gasteiger partial charge in [0.05, 0.1) is 5.92 Å². The number of hydrogen-bond acceptors (Lipinski definition) is 3. The molecule has 15 heavy (non-hydrogen) atoms. The quantitative estimate of drug-likeness (QED) is 0.852. The maximum atomic E-state index is 11.6. The number of halogens is 1. The van der Waals surface area contributed by atoms with Gasteiger partial charge in [0.2, 0.25) is 5.91 Å². The second-order valence-corrected chi connectivity index (χ2v) is 4.52. The van der Waals surface area contributed by atoms with Crippen molar-refractivity contribution in [1.29, 1.82) is 0 Å². The molecule has 1 amide bonds. The van der Waals surface area contributed by atoms with E-state index >= 15 is 0 Å². The van der Waals surface area contributed by atoms with Crippen LogP contribution in [0.1, 0.15) is 5.56 Å². The minimum absolute atomic E-state index is 0.0444. The van der Waals surface area contributed by atoms with Crippen molar-refractivity contribution < 1.29 is 4.79 Å². The highest BCUT2D eigenvalue weighted by molar-refractivity contribution is 9.10. The Morgan fingerprint density at radius 1 is 1.67 bits per heavy atom. The van der Waals surface area contributed by atoms with Crippen LogP contribution < -0.4 is 10.6 Å². The van der Waals surface area contributed by atoms with Gasteiger partial charge in [-0.2, -0.15) is 0 Å². The van der Waals surface area contributed by atoms with Gasteiger partial charge in [0.15, 0.2) is 0 Å². The second kappa shape index (κ2) is 4.28. The molecule has 1 aliphatic rings. The van der Waals surface area contributed by atoms with Crippen molar-refractivity contribution in [2.75, 3.05) is 18.4 Å². The number of aryl methyl sites for hydroxylation is 1. The minimum Gasteiger partial charge on any atom is -0.315 e. The SMILES string of the molecule is Cc1cc(NC(=O)C2CNC2)ncc1Br. The fourth-order valence-electron chi connectivity index (χ4n) is 1.31. The third kappa shape index (κ3) is 2.35. The van der Waals surface area contributed by atoms with Gasteiger partial charge in [-0.05, 0) is 34.5 Å². The van der Waals surface area contributed by atoms with Crippen LogP contribution in [0.25, 0.3) is 0 Å². The third-order valence-electron chi connectivity index (χ3n) is 2.45. The standard InChI is InChI=1S/C10H12BrN3O/c1-6-2-9(13-5-8(6)11)14-10(15)7-3-12-4-7/h2,5,7,12H,3-4H2,1H3,(H,13,14,15). The molecule has 2 rings (SSSR count). The van der Waals surface area contributed by atoms with E-state index in [0.717, 1.165) is 23.1 Å². The molecule has 1 aliphatic heterocycles. The number of nitrogens with zero attached hydrogens (tertiary/aromatic N) is 1. The Morgan fingerprint density at radius 3 is 2.93 bits per heavy atom. The predicted molar refractivity (Wildman–Crippen MR) is 61.7 cm³/mol. The van der Waals surface area contributed by atoms with Crippen molar-refractivity contribution in [2.45, 2.75) is 6.92 Å². The molecular formula is C10H12BrN3O. The number of amides is 1. The zero-order valence-electron chi connectivity index (χ0n) is 8.38.